The zero-order valence-electron chi connectivity index (χ0n) is 16.9. The number of nitrogens with zero attached hydrogens (tertiary/aromatic N) is 3. The molecule has 0 saturated heterocycles. The van der Waals surface area contributed by atoms with Crippen molar-refractivity contribution >= 4 is 11.8 Å². The highest BCUT2D eigenvalue weighted by molar-refractivity contribution is 7.99. The van der Waals surface area contributed by atoms with Gasteiger partial charge in [-0.25, -0.2) is 4.39 Å². The van der Waals surface area contributed by atoms with Crippen LogP contribution in [0.2, 0.25) is 0 Å². The minimum Gasteiger partial charge on any atom is -0.331 e. The molecule has 0 amide bonds. The van der Waals surface area contributed by atoms with Gasteiger partial charge >= 0.3 is 0 Å². The molecule has 0 aliphatic heterocycles. The van der Waals surface area contributed by atoms with Gasteiger partial charge in [-0.2, -0.15) is 0 Å². The van der Waals surface area contributed by atoms with Crippen molar-refractivity contribution in [2.45, 2.75) is 43.3 Å². The number of rotatable bonds is 8. The molecule has 0 saturated carbocycles. The van der Waals surface area contributed by atoms with Gasteiger partial charge in [0.05, 0.1) is 20.6 Å². The Bertz CT molecular complexity index is 877. The Labute approximate surface area is 170 Å². The Morgan fingerprint density at radius 1 is 1.04 bits per heavy atom. The van der Waals surface area contributed by atoms with Gasteiger partial charge < -0.3 is 4.90 Å². The van der Waals surface area contributed by atoms with Crippen LogP contribution in [0, 0.1) is 5.82 Å². The average Bonchev–Trinajstić information content (AvgIpc) is 3.05. The van der Waals surface area contributed by atoms with Crippen LogP contribution in [0.1, 0.15) is 48.5 Å². The Morgan fingerprint density at radius 2 is 1.71 bits per heavy atom. The van der Waals surface area contributed by atoms with Crippen LogP contribution >= 0.6 is 11.8 Å². The highest BCUT2D eigenvalue weighted by Crippen LogP contribution is 2.35. The molecule has 6 heteroatoms. The van der Waals surface area contributed by atoms with Crippen LogP contribution in [0.15, 0.2) is 59.8 Å². The molecule has 4 nitrogen and oxygen atoms in total. The number of nitrogens with one attached hydrogen (secondary N) is 1. The van der Waals surface area contributed by atoms with E-state index in [9.17, 15) is 4.39 Å². The van der Waals surface area contributed by atoms with Crippen LogP contribution in [0.4, 0.5) is 4.39 Å². The Balaban J connectivity index is 1.93. The van der Waals surface area contributed by atoms with Gasteiger partial charge in [-0.15, -0.1) is 10.2 Å². The van der Waals surface area contributed by atoms with E-state index < -0.39 is 0 Å². The van der Waals surface area contributed by atoms with Gasteiger partial charge in [-0.1, -0.05) is 61.2 Å². The molecule has 148 valence electrons. The molecule has 0 fully saturated rings. The molecule has 3 aromatic rings. The van der Waals surface area contributed by atoms with Gasteiger partial charge in [0.1, 0.15) is 11.9 Å². The van der Waals surface area contributed by atoms with E-state index in [1.54, 1.807) is 11.8 Å². The lowest BCUT2D eigenvalue weighted by atomic mass is 10.2. The topological polar surface area (TPSA) is 35.1 Å². The fraction of sp³-hybridized carbons (Fsp3) is 0.364. The Hall–Kier alpha value is -2.18. The van der Waals surface area contributed by atoms with Crippen molar-refractivity contribution in [3.05, 3.63) is 77.4 Å². The van der Waals surface area contributed by atoms with Gasteiger partial charge in [0.2, 0.25) is 0 Å². The van der Waals surface area contributed by atoms with Crippen molar-refractivity contribution < 1.29 is 9.29 Å². The number of hydrogen-bond acceptors (Lipinski definition) is 3. The van der Waals surface area contributed by atoms with Gasteiger partial charge in [-0.3, -0.25) is 4.57 Å². The van der Waals surface area contributed by atoms with Gasteiger partial charge in [0.15, 0.2) is 11.0 Å². The van der Waals surface area contributed by atoms with Crippen LogP contribution in [-0.4, -0.2) is 28.9 Å². The van der Waals surface area contributed by atoms with Crippen molar-refractivity contribution in [1.82, 2.24) is 14.8 Å². The first kappa shape index (κ1) is 20.6. The van der Waals surface area contributed by atoms with Gasteiger partial charge in [0.25, 0.3) is 0 Å². The molecule has 1 N–H and O–H groups in total. The average molecular weight is 400 g/mol. The van der Waals surface area contributed by atoms with Crippen LogP contribution < -0.4 is 4.90 Å². The lowest BCUT2D eigenvalue weighted by Gasteiger charge is -2.21. The maximum atomic E-state index is 13.3. The molecule has 0 aliphatic carbocycles. The minimum absolute atomic E-state index is 0.152. The zero-order chi connectivity index (χ0) is 20.1. The molecule has 1 aromatic heterocycles. The maximum Gasteiger partial charge on any atom is 0.192 e. The molecular formula is C22H28FN4S+. The van der Waals surface area contributed by atoms with E-state index in [2.05, 4.69) is 67.0 Å². The van der Waals surface area contributed by atoms with Crippen molar-refractivity contribution in [1.29, 1.82) is 0 Å². The summed E-state index contributed by atoms with van der Waals surface area (Å²) < 4.78 is 15.5. The fourth-order valence-corrected chi connectivity index (χ4v) is 4.35. The Morgan fingerprint density at radius 3 is 2.32 bits per heavy atom. The third kappa shape index (κ3) is 4.80. The van der Waals surface area contributed by atoms with Crippen molar-refractivity contribution in [2.24, 2.45) is 0 Å². The summed E-state index contributed by atoms with van der Waals surface area (Å²) in [6.45, 7) is 5.05. The van der Waals surface area contributed by atoms with Crippen LogP contribution in [0.25, 0.3) is 0 Å². The number of aromatic nitrogens is 3. The van der Waals surface area contributed by atoms with Crippen molar-refractivity contribution in [2.75, 3.05) is 14.1 Å². The molecule has 0 bridgehead atoms. The summed E-state index contributed by atoms with van der Waals surface area (Å²) in [5.74, 6) is 0.801. The molecule has 2 aromatic carbocycles. The normalized spacial score (nSPS) is 13.6. The predicted molar refractivity (Wildman–Crippen MR) is 112 cm³/mol. The van der Waals surface area contributed by atoms with E-state index >= 15 is 0 Å². The van der Waals surface area contributed by atoms with Gasteiger partial charge in [0, 0.05) is 11.7 Å². The van der Waals surface area contributed by atoms with Crippen LogP contribution in [0.3, 0.4) is 0 Å². The highest BCUT2D eigenvalue weighted by Gasteiger charge is 2.26. The fourth-order valence-electron chi connectivity index (χ4n) is 3.37. The predicted octanol–water partition coefficient (Wildman–Crippen LogP) is 3.91. The zero-order valence-corrected chi connectivity index (χ0v) is 17.7. The smallest absolute Gasteiger partial charge is 0.192 e. The summed E-state index contributed by atoms with van der Waals surface area (Å²) >= 11 is 1.67. The van der Waals surface area contributed by atoms with E-state index in [1.807, 2.05) is 18.2 Å². The molecule has 0 spiro atoms. The largest absolute Gasteiger partial charge is 0.331 e. The Kier molecular flexibility index (Phi) is 6.86. The summed E-state index contributed by atoms with van der Waals surface area (Å²) in [5.41, 5.74) is 2.30. The van der Waals surface area contributed by atoms with E-state index in [-0.39, 0.29) is 17.1 Å². The third-order valence-corrected chi connectivity index (χ3v) is 6.11. The number of hydrogen-bond donors (Lipinski definition) is 1. The maximum absolute atomic E-state index is 13.3. The molecule has 0 aliphatic rings. The molecule has 0 radical (unpaired) electrons. The molecule has 28 heavy (non-hydrogen) atoms. The standard InChI is InChI=1S/C22H27FN4S/c1-5-20(26(3)4)21-24-25-22(27(21)15-17-9-7-6-8-10-17)28-16(2)18-11-13-19(23)14-12-18/h6-14,16,20H,5,15H2,1-4H3/p+1/t16-,20-/m1/s1. The van der Waals surface area contributed by atoms with Crippen molar-refractivity contribution in [3.8, 4) is 0 Å². The molecule has 0 unspecified atom stereocenters. The summed E-state index contributed by atoms with van der Waals surface area (Å²) in [4.78, 5) is 1.34. The second-order valence-corrected chi connectivity index (χ2v) is 8.57. The number of quaternary nitrogens is 1. The number of halogens is 1. The quantitative estimate of drug-likeness (QED) is 0.583. The molecule has 3 rings (SSSR count). The summed E-state index contributed by atoms with van der Waals surface area (Å²) in [6, 6.07) is 17.4. The summed E-state index contributed by atoms with van der Waals surface area (Å²) in [6.07, 6.45) is 0.993. The molecule has 2 atom stereocenters. The SMILES string of the molecule is CC[C@H](c1nnc(S[C@H](C)c2ccc(F)cc2)n1Cc1ccccc1)[NH+](C)C. The van der Waals surface area contributed by atoms with E-state index in [4.69, 9.17) is 0 Å². The number of benzene rings is 2. The first-order chi connectivity index (χ1) is 13.5. The minimum atomic E-state index is -0.213. The first-order valence-electron chi connectivity index (χ1n) is 9.68. The number of thioether (sulfide) groups is 1. The summed E-state index contributed by atoms with van der Waals surface area (Å²) in [5, 5.41) is 10.2. The van der Waals surface area contributed by atoms with Gasteiger partial charge in [-0.05, 0) is 30.2 Å². The lowest BCUT2D eigenvalue weighted by Crippen LogP contribution is -3.06. The highest BCUT2D eigenvalue weighted by atomic mass is 32.2. The van der Waals surface area contributed by atoms with E-state index in [0.29, 0.717) is 0 Å². The van der Waals surface area contributed by atoms with Crippen molar-refractivity contribution in [3.63, 3.8) is 0 Å². The first-order valence-corrected chi connectivity index (χ1v) is 10.6. The van der Waals surface area contributed by atoms with Crippen LogP contribution in [-0.2, 0) is 6.54 Å². The van der Waals surface area contributed by atoms with E-state index in [1.165, 1.54) is 22.6 Å². The molecule has 1 heterocycles. The van der Waals surface area contributed by atoms with Crippen LogP contribution in [0.5, 0.6) is 0 Å². The lowest BCUT2D eigenvalue weighted by molar-refractivity contribution is -0.893. The second-order valence-electron chi connectivity index (χ2n) is 7.26. The van der Waals surface area contributed by atoms with E-state index in [0.717, 1.165) is 29.5 Å². The monoisotopic (exact) mass is 399 g/mol. The molecular weight excluding hydrogens is 371 g/mol. The summed E-state index contributed by atoms with van der Waals surface area (Å²) in [7, 11) is 4.31. The second kappa shape index (κ2) is 9.34. The third-order valence-electron chi connectivity index (χ3n) is 4.97.